The van der Waals surface area contributed by atoms with Crippen LogP contribution in [0.25, 0.3) is 0 Å². The summed E-state index contributed by atoms with van der Waals surface area (Å²) in [7, 11) is 1.92. The fourth-order valence-corrected chi connectivity index (χ4v) is 3.30. The summed E-state index contributed by atoms with van der Waals surface area (Å²) in [5.74, 6) is 0.938. The Kier molecular flexibility index (Phi) is 4.26. The Balaban J connectivity index is 1.75. The first-order valence-corrected chi connectivity index (χ1v) is 7.95. The molecular weight excluding hydrogens is 332 g/mol. The molecule has 0 amide bonds. The Bertz CT molecular complexity index is 615. The predicted octanol–water partition coefficient (Wildman–Crippen LogP) is 2.53. The molecule has 2 aromatic rings. The molecule has 6 heteroatoms. The second-order valence-corrected chi connectivity index (χ2v) is 6.47. The summed E-state index contributed by atoms with van der Waals surface area (Å²) in [6.07, 6.45) is 8.83. The second-order valence-electron chi connectivity index (χ2n) is 5.55. The molecule has 0 saturated carbocycles. The van der Waals surface area contributed by atoms with Crippen LogP contribution in [0, 0.1) is 5.92 Å². The summed E-state index contributed by atoms with van der Waals surface area (Å²) in [5, 5.41) is 10.6. The number of imidazole rings is 1. The molecule has 0 bridgehead atoms. The number of anilines is 1. The number of piperidine rings is 1. The van der Waals surface area contributed by atoms with E-state index in [0.717, 1.165) is 41.9 Å². The average Bonchev–Trinajstić information content (AvgIpc) is 2.93. The highest BCUT2D eigenvalue weighted by Gasteiger charge is 2.29. The van der Waals surface area contributed by atoms with Crippen LogP contribution >= 0.6 is 15.9 Å². The van der Waals surface area contributed by atoms with Gasteiger partial charge < -0.3 is 14.6 Å². The Morgan fingerprint density at radius 3 is 3.00 bits per heavy atom. The summed E-state index contributed by atoms with van der Waals surface area (Å²) in [4.78, 5) is 10.8. The predicted molar refractivity (Wildman–Crippen MR) is 85.0 cm³/mol. The number of hydrogen-bond acceptors (Lipinski definition) is 4. The highest BCUT2D eigenvalue weighted by atomic mass is 79.9. The molecule has 0 spiro atoms. The third-order valence-corrected chi connectivity index (χ3v) is 4.52. The number of rotatable bonds is 3. The first-order valence-electron chi connectivity index (χ1n) is 7.16. The highest BCUT2D eigenvalue weighted by molar-refractivity contribution is 9.10. The lowest BCUT2D eigenvalue weighted by molar-refractivity contribution is 0.0875. The molecule has 0 radical (unpaired) electrons. The van der Waals surface area contributed by atoms with Gasteiger partial charge in [-0.15, -0.1) is 0 Å². The molecule has 1 fully saturated rings. The Morgan fingerprint density at radius 1 is 1.43 bits per heavy atom. The van der Waals surface area contributed by atoms with Gasteiger partial charge in [0.15, 0.2) is 0 Å². The normalized spacial score (nSPS) is 20.5. The molecule has 1 N–H and O–H groups in total. The third-order valence-electron chi connectivity index (χ3n) is 4.08. The maximum Gasteiger partial charge on any atom is 0.137 e. The SMILES string of the molecule is Cn1ccnc1C(O)C1CCCN(c2cncc(Br)c2)C1. The van der Waals surface area contributed by atoms with Crippen molar-refractivity contribution in [1.29, 1.82) is 0 Å². The molecule has 2 aromatic heterocycles. The van der Waals surface area contributed by atoms with E-state index < -0.39 is 6.10 Å². The third kappa shape index (κ3) is 3.11. The van der Waals surface area contributed by atoms with Crippen LogP contribution in [-0.2, 0) is 7.05 Å². The first-order chi connectivity index (χ1) is 10.1. The van der Waals surface area contributed by atoms with E-state index in [1.54, 1.807) is 12.4 Å². The van der Waals surface area contributed by atoms with Gasteiger partial charge in [0.25, 0.3) is 0 Å². The standard InChI is InChI=1S/C15H19BrN4O/c1-19-6-4-18-15(19)14(21)11-3-2-5-20(10-11)13-7-12(16)8-17-9-13/h4,6-9,11,14,21H,2-3,5,10H2,1H3. The largest absolute Gasteiger partial charge is 0.385 e. The van der Waals surface area contributed by atoms with Crippen LogP contribution in [0.1, 0.15) is 24.8 Å². The molecule has 1 saturated heterocycles. The molecule has 21 heavy (non-hydrogen) atoms. The van der Waals surface area contributed by atoms with E-state index in [-0.39, 0.29) is 5.92 Å². The van der Waals surface area contributed by atoms with Crippen LogP contribution in [0.2, 0.25) is 0 Å². The maximum absolute atomic E-state index is 10.6. The maximum atomic E-state index is 10.6. The number of pyridine rings is 1. The minimum absolute atomic E-state index is 0.193. The van der Waals surface area contributed by atoms with Crippen molar-refractivity contribution in [3.63, 3.8) is 0 Å². The fraction of sp³-hybridized carbons (Fsp3) is 0.467. The zero-order valence-corrected chi connectivity index (χ0v) is 13.6. The van der Waals surface area contributed by atoms with E-state index in [1.807, 2.05) is 24.0 Å². The van der Waals surface area contributed by atoms with Crippen molar-refractivity contribution in [2.24, 2.45) is 13.0 Å². The van der Waals surface area contributed by atoms with E-state index in [4.69, 9.17) is 0 Å². The molecule has 3 heterocycles. The first kappa shape index (κ1) is 14.5. The molecule has 1 aliphatic heterocycles. The van der Waals surface area contributed by atoms with Crippen LogP contribution in [0.15, 0.2) is 35.3 Å². The van der Waals surface area contributed by atoms with E-state index in [0.29, 0.717) is 0 Å². The highest BCUT2D eigenvalue weighted by Crippen LogP contribution is 2.31. The lowest BCUT2D eigenvalue weighted by atomic mass is 9.91. The monoisotopic (exact) mass is 350 g/mol. The van der Waals surface area contributed by atoms with E-state index in [2.05, 4.69) is 36.9 Å². The van der Waals surface area contributed by atoms with Gasteiger partial charge in [0.2, 0.25) is 0 Å². The van der Waals surface area contributed by atoms with Gasteiger partial charge in [0.1, 0.15) is 11.9 Å². The van der Waals surface area contributed by atoms with Crippen molar-refractivity contribution in [3.8, 4) is 0 Å². The zero-order chi connectivity index (χ0) is 14.8. The number of hydrogen-bond donors (Lipinski definition) is 1. The number of nitrogens with zero attached hydrogens (tertiary/aromatic N) is 4. The summed E-state index contributed by atoms with van der Waals surface area (Å²) >= 11 is 3.46. The van der Waals surface area contributed by atoms with Crippen LogP contribution in [-0.4, -0.2) is 32.7 Å². The van der Waals surface area contributed by atoms with E-state index in [9.17, 15) is 5.11 Å². The number of aromatic nitrogens is 3. The van der Waals surface area contributed by atoms with E-state index in [1.165, 1.54) is 0 Å². The molecule has 2 atom stereocenters. The van der Waals surface area contributed by atoms with Crippen molar-refractivity contribution in [1.82, 2.24) is 14.5 Å². The molecule has 1 aliphatic rings. The minimum atomic E-state index is -0.520. The molecule has 0 aromatic carbocycles. The van der Waals surface area contributed by atoms with Gasteiger partial charge in [-0.05, 0) is 34.8 Å². The lowest BCUT2D eigenvalue weighted by Gasteiger charge is -2.36. The average molecular weight is 351 g/mol. The number of aliphatic hydroxyl groups is 1. The molecule has 112 valence electrons. The van der Waals surface area contributed by atoms with Crippen LogP contribution in [0.5, 0.6) is 0 Å². The van der Waals surface area contributed by atoms with Crippen LogP contribution < -0.4 is 4.90 Å². The van der Waals surface area contributed by atoms with E-state index >= 15 is 0 Å². The van der Waals surface area contributed by atoms with Gasteiger partial charge in [-0.3, -0.25) is 4.98 Å². The van der Waals surface area contributed by atoms with Gasteiger partial charge in [0, 0.05) is 49.1 Å². The molecule has 2 unspecified atom stereocenters. The zero-order valence-electron chi connectivity index (χ0n) is 12.0. The Morgan fingerprint density at radius 2 is 2.29 bits per heavy atom. The van der Waals surface area contributed by atoms with Crippen molar-refractivity contribution in [2.75, 3.05) is 18.0 Å². The molecular formula is C15H19BrN4O. The van der Waals surface area contributed by atoms with Crippen molar-refractivity contribution in [3.05, 3.63) is 41.2 Å². The quantitative estimate of drug-likeness (QED) is 0.923. The molecule has 0 aliphatic carbocycles. The second kappa shape index (κ2) is 6.15. The van der Waals surface area contributed by atoms with Crippen molar-refractivity contribution < 1.29 is 5.11 Å². The minimum Gasteiger partial charge on any atom is -0.385 e. The van der Waals surface area contributed by atoms with Gasteiger partial charge in [-0.25, -0.2) is 4.98 Å². The number of aryl methyl sites for hydroxylation is 1. The van der Waals surface area contributed by atoms with Gasteiger partial charge in [0.05, 0.1) is 11.9 Å². The molecule has 3 rings (SSSR count). The van der Waals surface area contributed by atoms with Gasteiger partial charge in [-0.1, -0.05) is 0 Å². The van der Waals surface area contributed by atoms with Gasteiger partial charge in [-0.2, -0.15) is 0 Å². The van der Waals surface area contributed by atoms with Gasteiger partial charge >= 0.3 is 0 Å². The summed E-state index contributed by atoms with van der Waals surface area (Å²) in [5.41, 5.74) is 1.10. The topological polar surface area (TPSA) is 54.2 Å². The number of halogens is 1. The van der Waals surface area contributed by atoms with Crippen LogP contribution in [0.3, 0.4) is 0 Å². The van der Waals surface area contributed by atoms with Crippen LogP contribution in [0.4, 0.5) is 5.69 Å². The smallest absolute Gasteiger partial charge is 0.137 e. The summed E-state index contributed by atoms with van der Waals surface area (Å²) in [6, 6.07) is 2.07. The van der Waals surface area contributed by atoms with Crippen molar-refractivity contribution >= 4 is 21.6 Å². The van der Waals surface area contributed by atoms with Crippen molar-refractivity contribution in [2.45, 2.75) is 18.9 Å². The Labute approximate surface area is 132 Å². The number of aliphatic hydroxyl groups excluding tert-OH is 1. The molecule has 5 nitrogen and oxygen atoms in total. The fourth-order valence-electron chi connectivity index (χ4n) is 2.95. The Hall–Kier alpha value is -1.40. The lowest BCUT2D eigenvalue weighted by Crippen LogP contribution is -2.38. The summed E-state index contributed by atoms with van der Waals surface area (Å²) < 4.78 is 2.87. The summed E-state index contributed by atoms with van der Waals surface area (Å²) in [6.45, 7) is 1.83.